The van der Waals surface area contributed by atoms with Crippen molar-refractivity contribution in [3.05, 3.63) is 23.9 Å². The van der Waals surface area contributed by atoms with Gasteiger partial charge in [0.1, 0.15) is 0 Å². The summed E-state index contributed by atoms with van der Waals surface area (Å²) in [4.78, 5) is 4.31. The number of aromatic nitrogens is 1. The van der Waals surface area contributed by atoms with Gasteiger partial charge in [-0.15, -0.1) is 0 Å². The fourth-order valence-corrected chi connectivity index (χ4v) is 1.75. The van der Waals surface area contributed by atoms with Crippen LogP contribution in [0.3, 0.4) is 0 Å². The van der Waals surface area contributed by atoms with Crippen molar-refractivity contribution in [3.63, 3.8) is 0 Å². The second-order valence-corrected chi connectivity index (χ2v) is 4.76. The second kappa shape index (κ2) is 6.60. The van der Waals surface area contributed by atoms with Crippen LogP contribution in [-0.4, -0.2) is 18.1 Å². The minimum atomic E-state index is 0.755. The summed E-state index contributed by atoms with van der Waals surface area (Å²) in [6.45, 7) is 4.93. The van der Waals surface area contributed by atoms with Crippen LogP contribution in [0.4, 0.5) is 0 Å². The topological polar surface area (TPSA) is 34.1 Å². The lowest BCUT2D eigenvalue weighted by Crippen LogP contribution is -2.13. The first kappa shape index (κ1) is 12.4. The molecule has 3 nitrogen and oxygen atoms in total. The standard InChI is InChI=1S/C14H22N2O/c1-2-8-15-10-13-5-6-14(16-11-13)17-9-7-12-3-4-12/h5-6,11-12,15H,2-4,7-10H2,1H3. The van der Waals surface area contributed by atoms with E-state index < -0.39 is 0 Å². The van der Waals surface area contributed by atoms with Crippen LogP contribution in [0.1, 0.15) is 38.2 Å². The van der Waals surface area contributed by atoms with Gasteiger partial charge in [-0.05, 0) is 30.9 Å². The smallest absolute Gasteiger partial charge is 0.213 e. The minimum Gasteiger partial charge on any atom is -0.478 e. The largest absolute Gasteiger partial charge is 0.478 e. The van der Waals surface area contributed by atoms with Crippen molar-refractivity contribution in [2.45, 2.75) is 39.2 Å². The molecule has 0 saturated heterocycles. The molecule has 0 radical (unpaired) electrons. The molecule has 1 fully saturated rings. The lowest BCUT2D eigenvalue weighted by molar-refractivity contribution is 0.291. The van der Waals surface area contributed by atoms with Crippen LogP contribution >= 0.6 is 0 Å². The lowest BCUT2D eigenvalue weighted by atomic mass is 10.3. The van der Waals surface area contributed by atoms with Crippen molar-refractivity contribution in [1.82, 2.24) is 10.3 Å². The van der Waals surface area contributed by atoms with Crippen LogP contribution in [0.25, 0.3) is 0 Å². The van der Waals surface area contributed by atoms with E-state index in [1.165, 1.54) is 24.8 Å². The molecular weight excluding hydrogens is 212 g/mol. The van der Waals surface area contributed by atoms with Gasteiger partial charge < -0.3 is 10.1 Å². The van der Waals surface area contributed by atoms with Crippen molar-refractivity contribution >= 4 is 0 Å². The highest BCUT2D eigenvalue weighted by atomic mass is 16.5. The summed E-state index contributed by atoms with van der Waals surface area (Å²) in [5, 5.41) is 3.36. The first-order chi connectivity index (χ1) is 8.38. The third-order valence-electron chi connectivity index (χ3n) is 3.03. The molecule has 0 bridgehead atoms. The highest BCUT2D eigenvalue weighted by Crippen LogP contribution is 2.32. The van der Waals surface area contributed by atoms with E-state index >= 15 is 0 Å². The Labute approximate surface area is 104 Å². The van der Waals surface area contributed by atoms with E-state index in [-0.39, 0.29) is 0 Å². The Morgan fingerprint density at radius 3 is 2.94 bits per heavy atom. The minimum absolute atomic E-state index is 0.755. The lowest BCUT2D eigenvalue weighted by Gasteiger charge is -2.06. The molecule has 0 aromatic carbocycles. The summed E-state index contributed by atoms with van der Waals surface area (Å²) in [6, 6.07) is 4.05. The molecule has 0 aliphatic heterocycles. The Kier molecular flexibility index (Phi) is 4.80. The van der Waals surface area contributed by atoms with Gasteiger partial charge >= 0.3 is 0 Å². The van der Waals surface area contributed by atoms with Crippen molar-refractivity contribution in [1.29, 1.82) is 0 Å². The van der Waals surface area contributed by atoms with Gasteiger partial charge in [-0.1, -0.05) is 25.8 Å². The average molecular weight is 234 g/mol. The quantitative estimate of drug-likeness (QED) is 0.702. The van der Waals surface area contributed by atoms with E-state index in [9.17, 15) is 0 Å². The summed E-state index contributed by atoms with van der Waals surface area (Å²) in [7, 11) is 0. The van der Waals surface area contributed by atoms with Gasteiger partial charge in [-0.25, -0.2) is 4.98 Å². The molecule has 1 aliphatic carbocycles. The van der Waals surface area contributed by atoms with Gasteiger partial charge in [-0.3, -0.25) is 0 Å². The molecule has 1 saturated carbocycles. The molecule has 1 aromatic rings. The van der Waals surface area contributed by atoms with Crippen molar-refractivity contribution in [3.8, 4) is 5.88 Å². The maximum atomic E-state index is 5.61. The molecule has 94 valence electrons. The zero-order chi connectivity index (χ0) is 11.9. The first-order valence-corrected chi connectivity index (χ1v) is 6.67. The SMILES string of the molecule is CCCNCc1ccc(OCCC2CC2)nc1. The average Bonchev–Trinajstić information content (AvgIpc) is 3.16. The third-order valence-corrected chi connectivity index (χ3v) is 3.03. The monoisotopic (exact) mass is 234 g/mol. The van der Waals surface area contributed by atoms with E-state index in [1.54, 1.807) is 0 Å². The molecular formula is C14H22N2O. The van der Waals surface area contributed by atoms with Gasteiger partial charge in [0.2, 0.25) is 5.88 Å². The Morgan fingerprint density at radius 2 is 2.29 bits per heavy atom. The molecule has 0 amide bonds. The van der Waals surface area contributed by atoms with Crippen molar-refractivity contribution in [2.75, 3.05) is 13.2 Å². The summed E-state index contributed by atoms with van der Waals surface area (Å²) < 4.78 is 5.61. The Bertz CT molecular complexity index is 319. The maximum absolute atomic E-state index is 5.61. The number of hydrogen-bond acceptors (Lipinski definition) is 3. The molecule has 0 unspecified atom stereocenters. The first-order valence-electron chi connectivity index (χ1n) is 6.67. The van der Waals surface area contributed by atoms with Crippen LogP contribution in [-0.2, 0) is 6.54 Å². The van der Waals surface area contributed by atoms with Crippen molar-refractivity contribution in [2.24, 2.45) is 5.92 Å². The summed E-state index contributed by atoms with van der Waals surface area (Å²) in [5.74, 6) is 1.68. The zero-order valence-corrected chi connectivity index (χ0v) is 10.6. The molecule has 1 heterocycles. The molecule has 2 rings (SSSR count). The van der Waals surface area contributed by atoms with Crippen LogP contribution in [0.15, 0.2) is 18.3 Å². The number of pyridine rings is 1. The number of hydrogen-bond donors (Lipinski definition) is 1. The maximum Gasteiger partial charge on any atom is 0.213 e. The number of nitrogens with zero attached hydrogens (tertiary/aromatic N) is 1. The fourth-order valence-electron chi connectivity index (χ4n) is 1.75. The van der Waals surface area contributed by atoms with E-state index in [0.717, 1.165) is 37.9 Å². The van der Waals surface area contributed by atoms with Gasteiger partial charge in [0, 0.05) is 18.8 Å². The predicted molar refractivity (Wildman–Crippen MR) is 69.1 cm³/mol. The summed E-state index contributed by atoms with van der Waals surface area (Å²) in [5.41, 5.74) is 1.22. The molecule has 3 heteroatoms. The van der Waals surface area contributed by atoms with Crippen molar-refractivity contribution < 1.29 is 4.74 Å². The summed E-state index contributed by atoms with van der Waals surface area (Å²) in [6.07, 6.45) is 7.02. The highest BCUT2D eigenvalue weighted by molar-refractivity contribution is 5.17. The summed E-state index contributed by atoms with van der Waals surface area (Å²) >= 11 is 0. The Balaban J connectivity index is 1.68. The predicted octanol–water partition coefficient (Wildman–Crippen LogP) is 2.76. The van der Waals surface area contributed by atoms with E-state index in [1.807, 2.05) is 12.3 Å². The second-order valence-electron chi connectivity index (χ2n) is 4.76. The van der Waals surface area contributed by atoms with Crippen LogP contribution in [0.5, 0.6) is 5.88 Å². The molecule has 1 aromatic heterocycles. The van der Waals surface area contributed by atoms with Crippen LogP contribution in [0.2, 0.25) is 0 Å². The fraction of sp³-hybridized carbons (Fsp3) is 0.643. The van der Waals surface area contributed by atoms with E-state index in [4.69, 9.17) is 4.74 Å². The van der Waals surface area contributed by atoms with Gasteiger partial charge in [-0.2, -0.15) is 0 Å². The number of ether oxygens (including phenoxy) is 1. The molecule has 1 N–H and O–H groups in total. The van der Waals surface area contributed by atoms with Gasteiger partial charge in [0.15, 0.2) is 0 Å². The molecule has 0 spiro atoms. The molecule has 17 heavy (non-hydrogen) atoms. The normalized spacial score (nSPS) is 14.9. The zero-order valence-electron chi connectivity index (χ0n) is 10.6. The Hall–Kier alpha value is -1.09. The van der Waals surface area contributed by atoms with E-state index in [0.29, 0.717) is 0 Å². The van der Waals surface area contributed by atoms with Crippen LogP contribution in [0, 0.1) is 5.92 Å². The number of rotatable bonds is 8. The third kappa shape index (κ3) is 4.73. The van der Waals surface area contributed by atoms with Gasteiger partial charge in [0.25, 0.3) is 0 Å². The highest BCUT2D eigenvalue weighted by Gasteiger charge is 2.20. The van der Waals surface area contributed by atoms with E-state index in [2.05, 4.69) is 23.3 Å². The number of nitrogens with one attached hydrogen (secondary N) is 1. The Morgan fingerprint density at radius 1 is 1.41 bits per heavy atom. The van der Waals surface area contributed by atoms with Crippen LogP contribution < -0.4 is 10.1 Å². The molecule has 1 aliphatic rings. The van der Waals surface area contributed by atoms with Gasteiger partial charge in [0.05, 0.1) is 6.61 Å². The molecule has 0 atom stereocenters.